The number of aromatic nitrogens is 3. The Bertz CT molecular complexity index is 776. The first-order chi connectivity index (χ1) is 9.65. The molecule has 0 fully saturated rings. The van der Waals surface area contributed by atoms with Gasteiger partial charge < -0.3 is 0 Å². The number of nitrogens with zero attached hydrogens (tertiary/aromatic N) is 3. The standard InChI is InChI=1S/C14H13N3OS2/c1-9-7-11(10(2)20-9)12(18)8-19-14-16-15-13-5-3-4-6-17(13)14/h3-7H,8H2,1-2H3. The Balaban J connectivity index is 1.76. The van der Waals surface area contributed by atoms with Crippen molar-refractivity contribution in [2.24, 2.45) is 0 Å². The third-order valence-electron chi connectivity index (χ3n) is 2.96. The number of hydrogen-bond acceptors (Lipinski definition) is 5. The molecule has 20 heavy (non-hydrogen) atoms. The maximum absolute atomic E-state index is 12.2. The van der Waals surface area contributed by atoms with Crippen LogP contribution in [0.4, 0.5) is 0 Å². The number of thioether (sulfide) groups is 1. The highest BCUT2D eigenvalue weighted by Gasteiger charge is 2.14. The summed E-state index contributed by atoms with van der Waals surface area (Å²) in [5.41, 5.74) is 1.62. The molecule has 3 heterocycles. The number of Topliss-reactive ketones (excluding diaryl/α,β-unsaturated/α-hetero) is 1. The minimum Gasteiger partial charge on any atom is -0.293 e. The minimum absolute atomic E-state index is 0.143. The Morgan fingerprint density at radius 2 is 2.20 bits per heavy atom. The monoisotopic (exact) mass is 303 g/mol. The van der Waals surface area contributed by atoms with Crippen molar-refractivity contribution in [2.45, 2.75) is 19.0 Å². The molecule has 6 heteroatoms. The molecule has 102 valence electrons. The maximum atomic E-state index is 12.2. The average molecular weight is 303 g/mol. The number of hydrogen-bond donors (Lipinski definition) is 0. The third kappa shape index (κ3) is 2.48. The molecule has 4 nitrogen and oxygen atoms in total. The van der Waals surface area contributed by atoms with Gasteiger partial charge in [-0.05, 0) is 32.0 Å². The molecule has 0 aliphatic heterocycles. The molecule has 0 spiro atoms. The van der Waals surface area contributed by atoms with Crippen LogP contribution >= 0.6 is 23.1 Å². The van der Waals surface area contributed by atoms with E-state index in [0.29, 0.717) is 5.75 Å². The molecule has 0 saturated carbocycles. The molecular weight excluding hydrogens is 290 g/mol. The van der Waals surface area contributed by atoms with Crippen LogP contribution in [-0.4, -0.2) is 26.1 Å². The summed E-state index contributed by atoms with van der Waals surface area (Å²) in [5, 5.41) is 8.94. The topological polar surface area (TPSA) is 47.3 Å². The van der Waals surface area contributed by atoms with Crippen LogP contribution < -0.4 is 0 Å². The predicted octanol–water partition coefficient (Wildman–Crippen LogP) is 3.38. The van der Waals surface area contributed by atoms with E-state index in [1.54, 1.807) is 11.3 Å². The van der Waals surface area contributed by atoms with Crippen molar-refractivity contribution >= 4 is 34.5 Å². The first kappa shape index (κ1) is 13.3. The summed E-state index contributed by atoms with van der Waals surface area (Å²) in [6.07, 6.45) is 1.90. The molecule has 0 aliphatic rings. The Morgan fingerprint density at radius 3 is 2.95 bits per heavy atom. The predicted molar refractivity (Wildman–Crippen MR) is 81.8 cm³/mol. The van der Waals surface area contributed by atoms with Gasteiger partial charge in [0, 0.05) is 21.5 Å². The van der Waals surface area contributed by atoms with Gasteiger partial charge in [0.15, 0.2) is 16.6 Å². The molecule has 3 aromatic heterocycles. The molecular formula is C14H13N3OS2. The molecule has 0 bridgehead atoms. The Hall–Kier alpha value is -1.66. The van der Waals surface area contributed by atoms with E-state index in [9.17, 15) is 4.79 Å². The van der Waals surface area contributed by atoms with Crippen LogP contribution in [0.1, 0.15) is 20.1 Å². The van der Waals surface area contributed by atoms with E-state index in [2.05, 4.69) is 10.2 Å². The van der Waals surface area contributed by atoms with Crippen molar-refractivity contribution in [1.29, 1.82) is 0 Å². The smallest absolute Gasteiger partial charge is 0.196 e. The largest absolute Gasteiger partial charge is 0.293 e. The van der Waals surface area contributed by atoms with Crippen molar-refractivity contribution in [3.63, 3.8) is 0 Å². The van der Waals surface area contributed by atoms with Crippen molar-refractivity contribution in [1.82, 2.24) is 14.6 Å². The van der Waals surface area contributed by atoms with E-state index in [0.717, 1.165) is 21.2 Å². The quantitative estimate of drug-likeness (QED) is 0.547. The number of aryl methyl sites for hydroxylation is 2. The summed E-state index contributed by atoms with van der Waals surface area (Å²) in [6, 6.07) is 7.70. The zero-order valence-corrected chi connectivity index (χ0v) is 12.8. The molecule has 0 N–H and O–H groups in total. The second kappa shape index (κ2) is 5.38. The first-order valence-corrected chi connectivity index (χ1v) is 7.98. The summed E-state index contributed by atoms with van der Waals surface area (Å²) in [4.78, 5) is 14.5. The lowest BCUT2D eigenvalue weighted by Crippen LogP contribution is -2.03. The summed E-state index contributed by atoms with van der Waals surface area (Å²) in [5.74, 6) is 0.525. The average Bonchev–Trinajstić information content (AvgIpc) is 2.99. The highest BCUT2D eigenvalue weighted by Crippen LogP contribution is 2.24. The lowest BCUT2D eigenvalue weighted by atomic mass is 10.2. The highest BCUT2D eigenvalue weighted by atomic mass is 32.2. The van der Waals surface area contributed by atoms with Crippen molar-refractivity contribution in [3.05, 3.63) is 45.8 Å². The van der Waals surface area contributed by atoms with Crippen LogP contribution in [-0.2, 0) is 0 Å². The zero-order chi connectivity index (χ0) is 14.1. The SMILES string of the molecule is Cc1cc(C(=O)CSc2nnc3ccccn23)c(C)s1. The van der Waals surface area contributed by atoms with E-state index in [1.165, 1.54) is 16.6 Å². The second-order valence-electron chi connectivity index (χ2n) is 4.45. The fourth-order valence-corrected chi connectivity index (χ4v) is 3.78. The number of fused-ring (bicyclic) bond motifs is 1. The van der Waals surface area contributed by atoms with Crippen LogP contribution in [0.15, 0.2) is 35.6 Å². The third-order valence-corrected chi connectivity index (χ3v) is 4.87. The van der Waals surface area contributed by atoms with Gasteiger partial charge in [-0.2, -0.15) is 0 Å². The minimum atomic E-state index is 0.143. The molecule has 0 amide bonds. The van der Waals surface area contributed by atoms with Crippen LogP contribution in [0.2, 0.25) is 0 Å². The van der Waals surface area contributed by atoms with Gasteiger partial charge in [0.2, 0.25) is 0 Å². The van der Waals surface area contributed by atoms with Gasteiger partial charge in [0.1, 0.15) is 0 Å². The maximum Gasteiger partial charge on any atom is 0.196 e. The number of ketones is 1. The summed E-state index contributed by atoms with van der Waals surface area (Å²) >= 11 is 3.08. The van der Waals surface area contributed by atoms with Crippen LogP contribution in [0.25, 0.3) is 5.65 Å². The lowest BCUT2D eigenvalue weighted by molar-refractivity contribution is 0.102. The zero-order valence-electron chi connectivity index (χ0n) is 11.2. The number of thiophene rings is 1. The van der Waals surface area contributed by atoms with Crippen molar-refractivity contribution < 1.29 is 4.79 Å². The molecule has 0 radical (unpaired) electrons. The Kier molecular flexibility index (Phi) is 3.58. The lowest BCUT2D eigenvalue weighted by Gasteiger charge is -2.00. The van der Waals surface area contributed by atoms with Gasteiger partial charge in [0.05, 0.1) is 5.75 Å². The number of carbonyl (C=O) groups excluding carboxylic acids is 1. The molecule has 0 aliphatic carbocycles. The molecule has 3 rings (SSSR count). The van der Waals surface area contributed by atoms with Crippen LogP contribution in [0.3, 0.4) is 0 Å². The number of rotatable bonds is 4. The van der Waals surface area contributed by atoms with Gasteiger partial charge in [0.25, 0.3) is 0 Å². The summed E-state index contributed by atoms with van der Waals surface area (Å²) in [7, 11) is 0. The fourth-order valence-electron chi connectivity index (χ4n) is 2.03. The van der Waals surface area contributed by atoms with E-state index in [4.69, 9.17) is 0 Å². The van der Waals surface area contributed by atoms with Crippen LogP contribution in [0.5, 0.6) is 0 Å². The van der Waals surface area contributed by atoms with Gasteiger partial charge >= 0.3 is 0 Å². The molecule has 0 unspecified atom stereocenters. The second-order valence-corrected chi connectivity index (χ2v) is 6.85. The van der Waals surface area contributed by atoms with E-state index in [1.807, 2.05) is 48.7 Å². The Morgan fingerprint density at radius 1 is 1.35 bits per heavy atom. The van der Waals surface area contributed by atoms with E-state index < -0.39 is 0 Å². The molecule has 0 atom stereocenters. The van der Waals surface area contributed by atoms with Crippen molar-refractivity contribution in [3.8, 4) is 0 Å². The first-order valence-electron chi connectivity index (χ1n) is 6.18. The van der Waals surface area contributed by atoms with Gasteiger partial charge in [-0.3, -0.25) is 9.20 Å². The van der Waals surface area contributed by atoms with Gasteiger partial charge in [-0.25, -0.2) is 0 Å². The van der Waals surface area contributed by atoms with Gasteiger partial charge in [-0.15, -0.1) is 21.5 Å². The van der Waals surface area contributed by atoms with Gasteiger partial charge in [-0.1, -0.05) is 17.8 Å². The highest BCUT2D eigenvalue weighted by molar-refractivity contribution is 7.99. The fraction of sp³-hybridized carbons (Fsp3) is 0.214. The number of pyridine rings is 1. The van der Waals surface area contributed by atoms with Crippen LogP contribution in [0, 0.1) is 13.8 Å². The van der Waals surface area contributed by atoms with Crippen molar-refractivity contribution in [2.75, 3.05) is 5.75 Å². The molecule has 0 saturated heterocycles. The normalized spacial score (nSPS) is 11.1. The summed E-state index contributed by atoms with van der Waals surface area (Å²) < 4.78 is 1.89. The molecule has 0 aromatic carbocycles. The Labute approximate surface area is 124 Å². The van der Waals surface area contributed by atoms with E-state index >= 15 is 0 Å². The molecule has 3 aromatic rings. The number of carbonyl (C=O) groups is 1. The van der Waals surface area contributed by atoms with E-state index in [-0.39, 0.29) is 5.78 Å². The summed E-state index contributed by atoms with van der Waals surface area (Å²) in [6.45, 7) is 4.01.